The second-order valence-electron chi connectivity index (χ2n) is 4.47. The molecule has 0 heterocycles. The molecule has 0 aliphatic heterocycles. The van der Waals surface area contributed by atoms with Gasteiger partial charge in [0.2, 0.25) is 0 Å². The van der Waals surface area contributed by atoms with E-state index in [0.29, 0.717) is 18.8 Å². The van der Waals surface area contributed by atoms with Crippen LogP contribution in [0.3, 0.4) is 0 Å². The van der Waals surface area contributed by atoms with E-state index in [1.54, 1.807) is 6.07 Å². The maximum Gasteiger partial charge on any atom is 0.165 e. The van der Waals surface area contributed by atoms with Crippen LogP contribution in [0.25, 0.3) is 0 Å². The van der Waals surface area contributed by atoms with E-state index in [9.17, 15) is 4.39 Å². The van der Waals surface area contributed by atoms with Gasteiger partial charge in [-0.25, -0.2) is 4.39 Å². The summed E-state index contributed by atoms with van der Waals surface area (Å²) in [6.07, 6.45) is 1.51. The predicted molar refractivity (Wildman–Crippen MR) is 70.3 cm³/mol. The number of hydrogen-bond acceptors (Lipinski definition) is 3. The molecule has 0 amide bonds. The molecular weight excluding hydrogens is 233 g/mol. The van der Waals surface area contributed by atoms with Crippen molar-refractivity contribution in [2.24, 2.45) is 0 Å². The molecule has 0 saturated carbocycles. The van der Waals surface area contributed by atoms with Gasteiger partial charge >= 0.3 is 0 Å². The van der Waals surface area contributed by atoms with Gasteiger partial charge in [0.25, 0.3) is 0 Å². The highest BCUT2D eigenvalue weighted by Crippen LogP contribution is 2.27. The van der Waals surface area contributed by atoms with E-state index >= 15 is 0 Å². The van der Waals surface area contributed by atoms with Crippen molar-refractivity contribution in [1.82, 2.24) is 4.90 Å². The van der Waals surface area contributed by atoms with Gasteiger partial charge in [0, 0.05) is 12.6 Å². The van der Waals surface area contributed by atoms with Crippen LogP contribution in [0.2, 0.25) is 0 Å². The van der Waals surface area contributed by atoms with Crippen LogP contribution in [0.5, 0.6) is 5.75 Å². The zero-order valence-electron chi connectivity index (χ0n) is 11.3. The van der Waals surface area contributed by atoms with Crippen LogP contribution in [0.4, 0.5) is 4.39 Å². The summed E-state index contributed by atoms with van der Waals surface area (Å²) < 4.78 is 19.0. The Hall–Kier alpha value is -1.13. The van der Waals surface area contributed by atoms with Gasteiger partial charge in [-0.3, -0.25) is 0 Å². The highest BCUT2D eigenvalue weighted by Gasteiger charge is 2.15. The largest absolute Gasteiger partial charge is 0.491 e. The van der Waals surface area contributed by atoms with Gasteiger partial charge < -0.3 is 14.7 Å². The molecule has 4 heteroatoms. The molecule has 0 aliphatic carbocycles. The molecule has 1 aromatic carbocycles. The summed E-state index contributed by atoms with van der Waals surface area (Å²) in [5, 5.41) is 8.90. The third-order valence-electron chi connectivity index (χ3n) is 2.90. The fraction of sp³-hybridized carbons (Fsp3) is 0.571. The quantitative estimate of drug-likeness (QED) is 0.813. The Kier molecular flexibility index (Phi) is 6.09. The lowest BCUT2D eigenvalue weighted by Crippen LogP contribution is -2.20. The Morgan fingerprint density at radius 3 is 2.61 bits per heavy atom. The molecule has 0 saturated heterocycles. The first-order chi connectivity index (χ1) is 8.60. The van der Waals surface area contributed by atoms with Crippen LogP contribution in [0, 0.1) is 5.82 Å². The van der Waals surface area contributed by atoms with E-state index in [4.69, 9.17) is 9.84 Å². The highest BCUT2D eigenvalue weighted by atomic mass is 19.1. The summed E-state index contributed by atoms with van der Waals surface area (Å²) in [6, 6.07) is 5.19. The van der Waals surface area contributed by atoms with Crippen molar-refractivity contribution in [1.29, 1.82) is 0 Å². The number of ether oxygens (including phenoxy) is 1. The van der Waals surface area contributed by atoms with Gasteiger partial charge in [-0.1, -0.05) is 6.07 Å². The van der Waals surface area contributed by atoms with Gasteiger partial charge in [0.15, 0.2) is 11.6 Å². The van der Waals surface area contributed by atoms with E-state index in [0.717, 1.165) is 12.0 Å². The molecule has 1 rings (SSSR count). The Morgan fingerprint density at radius 2 is 2.11 bits per heavy atom. The fourth-order valence-corrected chi connectivity index (χ4v) is 2.00. The highest BCUT2D eigenvalue weighted by molar-refractivity contribution is 5.31. The average molecular weight is 255 g/mol. The van der Waals surface area contributed by atoms with Crippen LogP contribution >= 0.6 is 0 Å². The molecule has 1 aromatic rings. The smallest absolute Gasteiger partial charge is 0.165 e. The number of aliphatic hydroxyl groups excluding tert-OH is 1. The molecule has 0 bridgehead atoms. The first-order valence-corrected chi connectivity index (χ1v) is 6.29. The summed E-state index contributed by atoms with van der Waals surface area (Å²) >= 11 is 0. The first kappa shape index (κ1) is 14.9. The molecule has 0 fully saturated rings. The molecular formula is C14H22FNO2. The van der Waals surface area contributed by atoms with Crippen LogP contribution < -0.4 is 4.74 Å². The summed E-state index contributed by atoms with van der Waals surface area (Å²) in [4.78, 5) is 2.03. The molecule has 18 heavy (non-hydrogen) atoms. The third kappa shape index (κ3) is 3.96. The Morgan fingerprint density at radius 1 is 1.39 bits per heavy atom. The monoisotopic (exact) mass is 255 g/mol. The summed E-state index contributed by atoms with van der Waals surface area (Å²) in [7, 11) is 3.91. The predicted octanol–water partition coefficient (Wildman–Crippen LogP) is 2.60. The van der Waals surface area contributed by atoms with Gasteiger partial charge in [0.05, 0.1) is 6.61 Å². The molecule has 0 aromatic heterocycles. The number of halogens is 1. The minimum atomic E-state index is -0.329. The topological polar surface area (TPSA) is 32.7 Å². The van der Waals surface area contributed by atoms with Crippen LogP contribution in [-0.4, -0.2) is 37.3 Å². The Balaban J connectivity index is 2.88. The minimum Gasteiger partial charge on any atom is -0.491 e. The van der Waals surface area contributed by atoms with E-state index in [2.05, 4.69) is 0 Å². The average Bonchev–Trinajstić information content (AvgIpc) is 2.32. The SMILES string of the molecule is CCOc1ccc(C(CCCO)N(C)C)cc1F. The van der Waals surface area contributed by atoms with Crippen molar-refractivity contribution in [3.63, 3.8) is 0 Å². The molecule has 102 valence electrons. The van der Waals surface area contributed by atoms with Gasteiger partial charge in [-0.05, 0) is 51.6 Å². The Bertz CT molecular complexity index is 369. The number of hydrogen-bond donors (Lipinski definition) is 1. The molecule has 1 unspecified atom stereocenters. The van der Waals surface area contributed by atoms with E-state index in [1.807, 2.05) is 32.0 Å². The maximum absolute atomic E-state index is 13.8. The molecule has 0 radical (unpaired) electrons. The molecule has 3 nitrogen and oxygen atoms in total. The number of benzene rings is 1. The van der Waals surface area contributed by atoms with Gasteiger partial charge in [-0.2, -0.15) is 0 Å². The lowest BCUT2D eigenvalue weighted by Gasteiger charge is -2.25. The lowest BCUT2D eigenvalue weighted by atomic mass is 10.0. The third-order valence-corrected chi connectivity index (χ3v) is 2.90. The summed E-state index contributed by atoms with van der Waals surface area (Å²) in [6.45, 7) is 2.44. The van der Waals surface area contributed by atoms with Crippen molar-refractivity contribution in [2.75, 3.05) is 27.3 Å². The van der Waals surface area contributed by atoms with Crippen molar-refractivity contribution in [2.45, 2.75) is 25.8 Å². The normalized spacial score (nSPS) is 12.8. The number of aliphatic hydroxyl groups is 1. The fourth-order valence-electron chi connectivity index (χ4n) is 2.00. The molecule has 0 spiro atoms. The zero-order valence-corrected chi connectivity index (χ0v) is 11.3. The number of rotatable bonds is 7. The zero-order chi connectivity index (χ0) is 13.5. The standard InChI is InChI=1S/C14H22FNO2/c1-4-18-14-8-7-11(10-12(14)15)13(16(2)3)6-5-9-17/h7-8,10,13,17H,4-6,9H2,1-3H3. The van der Waals surface area contributed by atoms with E-state index in [1.165, 1.54) is 6.07 Å². The van der Waals surface area contributed by atoms with E-state index < -0.39 is 0 Å². The molecule has 1 atom stereocenters. The molecule has 1 N–H and O–H groups in total. The lowest BCUT2D eigenvalue weighted by molar-refractivity contribution is 0.234. The summed E-state index contributed by atoms with van der Waals surface area (Å²) in [5.41, 5.74) is 0.911. The van der Waals surface area contributed by atoms with E-state index in [-0.39, 0.29) is 18.5 Å². The summed E-state index contributed by atoms with van der Waals surface area (Å²) in [5.74, 6) is -0.0360. The van der Waals surface area contributed by atoms with Crippen LogP contribution in [0.15, 0.2) is 18.2 Å². The minimum absolute atomic E-state index is 0.113. The second-order valence-corrected chi connectivity index (χ2v) is 4.47. The van der Waals surface area contributed by atoms with Crippen molar-refractivity contribution in [3.05, 3.63) is 29.6 Å². The van der Waals surface area contributed by atoms with Gasteiger partial charge in [-0.15, -0.1) is 0 Å². The number of nitrogens with zero attached hydrogens (tertiary/aromatic N) is 1. The van der Waals surface area contributed by atoms with Crippen molar-refractivity contribution >= 4 is 0 Å². The maximum atomic E-state index is 13.8. The Labute approximate surface area is 108 Å². The molecule has 0 aliphatic rings. The van der Waals surface area contributed by atoms with Gasteiger partial charge in [0.1, 0.15) is 0 Å². The van der Waals surface area contributed by atoms with Crippen LogP contribution in [-0.2, 0) is 0 Å². The first-order valence-electron chi connectivity index (χ1n) is 6.29. The second kappa shape index (κ2) is 7.34. The van der Waals surface area contributed by atoms with Crippen molar-refractivity contribution < 1.29 is 14.2 Å². The van der Waals surface area contributed by atoms with Crippen LogP contribution in [0.1, 0.15) is 31.4 Å². The van der Waals surface area contributed by atoms with Crippen molar-refractivity contribution in [3.8, 4) is 5.75 Å².